The molecule has 19 heavy (non-hydrogen) atoms. The largest absolute Gasteiger partial charge is 0.317 e. The fourth-order valence-corrected chi connectivity index (χ4v) is 5.60. The fraction of sp³-hybridized carbons (Fsp3) is 0.941. The Balaban J connectivity index is 1.86. The lowest BCUT2D eigenvalue weighted by Gasteiger charge is -2.45. The number of halogens is 1. The number of rotatable bonds is 7. The van der Waals surface area contributed by atoms with Gasteiger partial charge in [0.05, 0.1) is 0 Å². The third-order valence-electron chi connectivity index (χ3n) is 6.07. The van der Waals surface area contributed by atoms with Gasteiger partial charge in [-0.05, 0) is 74.2 Å². The van der Waals surface area contributed by atoms with Gasteiger partial charge in [0.1, 0.15) is 0 Å². The van der Waals surface area contributed by atoms with Crippen LogP contribution >= 0.6 is 20.7 Å². The smallest absolute Gasteiger partial charge is 0.00924 e. The van der Waals surface area contributed by atoms with Crippen molar-refractivity contribution in [3.63, 3.8) is 0 Å². The minimum absolute atomic E-state index is 0.220. The van der Waals surface area contributed by atoms with Gasteiger partial charge in [-0.1, -0.05) is 23.8 Å². The molecular formula is C17H32IN. The highest BCUT2D eigenvalue weighted by atomic mass is 127. The Hall–Kier alpha value is 0.560. The van der Waals surface area contributed by atoms with Gasteiger partial charge in [-0.2, -0.15) is 0 Å². The number of hydrogen-bond acceptors (Lipinski definition) is 1. The van der Waals surface area contributed by atoms with E-state index >= 15 is 0 Å². The Morgan fingerprint density at radius 1 is 1.21 bits per heavy atom. The molecule has 0 saturated heterocycles. The molecule has 0 radical (unpaired) electrons. The van der Waals surface area contributed by atoms with Crippen LogP contribution in [0.2, 0.25) is 0 Å². The van der Waals surface area contributed by atoms with E-state index in [1.165, 1.54) is 55.8 Å². The Morgan fingerprint density at radius 2 is 1.84 bits per heavy atom. The topological polar surface area (TPSA) is 12.0 Å². The molecule has 0 unspecified atom stereocenters. The summed E-state index contributed by atoms with van der Waals surface area (Å²) in [7, 11) is 2.14. The van der Waals surface area contributed by atoms with E-state index in [4.69, 9.17) is 0 Å². The predicted molar refractivity (Wildman–Crippen MR) is 95.5 cm³/mol. The van der Waals surface area contributed by atoms with Crippen LogP contribution in [0.4, 0.5) is 0 Å². The summed E-state index contributed by atoms with van der Waals surface area (Å²) < 4.78 is 5.56. The summed E-state index contributed by atoms with van der Waals surface area (Å²) in [5.41, 5.74) is 0.599. The monoisotopic (exact) mass is 377 g/mol. The second-order valence-electron chi connectivity index (χ2n) is 6.98. The van der Waals surface area contributed by atoms with Crippen LogP contribution in [0, 0.1) is 17.3 Å². The summed E-state index contributed by atoms with van der Waals surface area (Å²) in [6.45, 7) is 2.41. The van der Waals surface area contributed by atoms with E-state index in [1.54, 1.807) is 6.42 Å². The third-order valence-corrected chi connectivity index (χ3v) is 7.37. The molecule has 2 saturated carbocycles. The Bertz CT molecular complexity index is 277. The minimum Gasteiger partial charge on any atom is -0.317 e. The van der Waals surface area contributed by atoms with E-state index in [1.807, 2.05) is 0 Å². The van der Waals surface area contributed by atoms with E-state index in [0.717, 1.165) is 11.8 Å². The Kier molecular flexibility index (Phi) is 6.32. The molecule has 2 rings (SSSR count). The molecular weight excluding hydrogens is 345 g/mol. The number of hydrogen-bond donors (Lipinski definition) is 1. The minimum atomic E-state index is 0.220. The van der Waals surface area contributed by atoms with Gasteiger partial charge in [0.2, 0.25) is 0 Å². The third kappa shape index (κ3) is 4.03. The normalized spacial score (nSPS) is 33.9. The van der Waals surface area contributed by atoms with Gasteiger partial charge in [0.15, 0.2) is 0 Å². The molecule has 0 aromatic rings. The highest BCUT2D eigenvalue weighted by Crippen LogP contribution is 2.47. The molecule has 0 aliphatic heterocycles. The zero-order chi connectivity index (χ0) is 13.7. The number of alkyl halides is 1. The first kappa shape index (κ1) is 15.9. The Morgan fingerprint density at radius 3 is 2.32 bits per heavy atom. The maximum absolute atomic E-state index is 4.15. The van der Waals surface area contributed by atoms with Crippen molar-refractivity contribution in [1.29, 1.82) is 0 Å². The first-order valence-corrected chi connectivity index (χ1v) is 11.3. The lowest BCUT2D eigenvalue weighted by atomic mass is 9.63. The quantitative estimate of drug-likeness (QED) is 0.499. The molecule has 0 bridgehead atoms. The molecule has 0 aromatic carbocycles. The molecule has 0 aromatic heterocycles. The molecule has 0 spiro atoms. The molecule has 2 aliphatic carbocycles. The first-order chi connectivity index (χ1) is 9.20. The first-order valence-electron chi connectivity index (χ1n) is 8.20. The van der Waals surface area contributed by atoms with E-state index < -0.39 is 0 Å². The van der Waals surface area contributed by atoms with Crippen LogP contribution in [0.25, 0.3) is 0 Å². The average molecular weight is 377 g/mol. The van der Waals surface area contributed by atoms with E-state index in [9.17, 15) is 0 Å². The number of nitrogens with one attached hydrogen (secondary N) is 1. The van der Waals surface area contributed by atoms with Crippen molar-refractivity contribution in [1.82, 2.24) is 5.32 Å². The molecule has 1 N–H and O–H groups in total. The standard InChI is InChI=1S/C17H32IN/c1-14(19-3)17(11-12-18-2)9-7-16(8-10-17)13-15-5-4-6-15/h14-16,19H,2,4-13H2,1,3H3/t14-,16?,17?/m1/s1. The zero-order valence-corrected chi connectivity index (χ0v) is 15.0. The highest BCUT2D eigenvalue weighted by molar-refractivity contribution is 14.2. The van der Waals surface area contributed by atoms with Crippen LogP contribution in [-0.2, 0) is 0 Å². The van der Waals surface area contributed by atoms with E-state index in [2.05, 4.69) is 23.8 Å². The van der Waals surface area contributed by atoms with Crippen molar-refractivity contribution in [3.05, 3.63) is 0 Å². The second kappa shape index (κ2) is 7.53. The van der Waals surface area contributed by atoms with E-state index in [-0.39, 0.29) is 20.7 Å². The molecule has 1 atom stereocenters. The second-order valence-corrected chi connectivity index (χ2v) is 9.13. The van der Waals surface area contributed by atoms with Gasteiger partial charge >= 0.3 is 0 Å². The molecule has 2 fully saturated rings. The highest BCUT2D eigenvalue weighted by Gasteiger charge is 2.39. The average Bonchev–Trinajstić information content (AvgIpc) is 2.41. The van der Waals surface area contributed by atoms with Crippen LogP contribution < -0.4 is 5.32 Å². The summed E-state index contributed by atoms with van der Waals surface area (Å²) in [6, 6.07) is 0.688. The van der Waals surface area contributed by atoms with Crippen LogP contribution in [0.5, 0.6) is 0 Å². The van der Waals surface area contributed by atoms with Crippen LogP contribution in [0.3, 0.4) is 0 Å². The molecule has 0 heterocycles. The van der Waals surface area contributed by atoms with Gasteiger partial charge < -0.3 is 5.32 Å². The van der Waals surface area contributed by atoms with Crippen LogP contribution in [0.1, 0.15) is 64.7 Å². The predicted octanol–water partition coefficient (Wildman–Crippen LogP) is 4.75. The maximum Gasteiger partial charge on any atom is 0.00924 e. The lowest BCUT2D eigenvalue weighted by molar-refractivity contribution is 0.0871. The summed E-state index contributed by atoms with van der Waals surface area (Å²) in [5.74, 6) is 2.15. The van der Waals surface area contributed by atoms with Crippen molar-refractivity contribution in [2.24, 2.45) is 17.3 Å². The SMILES string of the molecule is C=ICCC1([C@@H](C)NC)CCC(CC2CCC2)CC1. The van der Waals surface area contributed by atoms with Crippen LogP contribution in [-0.4, -0.2) is 22.0 Å². The zero-order valence-electron chi connectivity index (χ0n) is 12.9. The summed E-state index contributed by atoms with van der Waals surface area (Å²) >= 11 is 0.220. The maximum atomic E-state index is 4.15. The molecule has 0 amide bonds. The Labute approximate surface area is 130 Å². The molecule has 1 nitrogen and oxygen atoms in total. The summed E-state index contributed by atoms with van der Waals surface area (Å²) in [6.07, 6.45) is 13.5. The van der Waals surface area contributed by atoms with Crippen molar-refractivity contribution in [3.8, 4) is 0 Å². The summed E-state index contributed by atoms with van der Waals surface area (Å²) in [5, 5.41) is 3.55. The molecule has 2 heteroatoms. The van der Waals surface area contributed by atoms with Crippen molar-refractivity contribution in [2.45, 2.75) is 70.8 Å². The van der Waals surface area contributed by atoms with E-state index in [0.29, 0.717) is 11.5 Å². The fourth-order valence-electron chi connectivity index (χ4n) is 4.15. The lowest BCUT2D eigenvalue weighted by Crippen LogP contribution is -2.44. The molecule has 2 aliphatic rings. The van der Waals surface area contributed by atoms with Gasteiger partial charge in [0, 0.05) is 6.04 Å². The van der Waals surface area contributed by atoms with Crippen molar-refractivity contribution >= 4 is 25.2 Å². The summed E-state index contributed by atoms with van der Waals surface area (Å²) in [4.78, 5) is 0. The van der Waals surface area contributed by atoms with Crippen molar-refractivity contribution in [2.75, 3.05) is 11.5 Å². The van der Waals surface area contributed by atoms with Crippen LogP contribution in [0.15, 0.2) is 0 Å². The van der Waals surface area contributed by atoms with Gasteiger partial charge in [-0.25, -0.2) is 0 Å². The van der Waals surface area contributed by atoms with Crippen molar-refractivity contribution < 1.29 is 0 Å². The molecule has 112 valence electrons. The van der Waals surface area contributed by atoms with Gasteiger partial charge in [0.25, 0.3) is 0 Å². The van der Waals surface area contributed by atoms with Gasteiger partial charge in [-0.3, -0.25) is 0 Å². The van der Waals surface area contributed by atoms with Gasteiger partial charge in [-0.15, -0.1) is 20.7 Å².